The molecule has 3 N–H and O–H groups in total. The molecule has 1 unspecified atom stereocenters. The molecule has 0 radical (unpaired) electrons. The summed E-state index contributed by atoms with van der Waals surface area (Å²) in [4.78, 5) is 4.55. The summed E-state index contributed by atoms with van der Waals surface area (Å²) < 4.78 is 0. The van der Waals surface area contributed by atoms with Gasteiger partial charge in [0, 0.05) is 37.9 Å². The lowest BCUT2D eigenvalue weighted by molar-refractivity contribution is -0.134. The van der Waals surface area contributed by atoms with Crippen LogP contribution in [0.2, 0.25) is 0 Å². The van der Waals surface area contributed by atoms with E-state index in [1.54, 1.807) is 0 Å². The summed E-state index contributed by atoms with van der Waals surface area (Å²) in [6.07, 6.45) is -1.66. The zero-order valence-electron chi connectivity index (χ0n) is 14.0. The second-order valence-corrected chi connectivity index (χ2v) is 7.13. The van der Waals surface area contributed by atoms with Crippen LogP contribution in [-0.2, 0) is 0 Å². The molecular weight excluding hydrogens is 292 g/mol. The molecule has 2 fully saturated rings. The van der Waals surface area contributed by atoms with Gasteiger partial charge in [0.25, 0.3) is 0 Å². The maximum Gasteiger partial charge on any atom is 0.108 e. The van der Waals surface area contributed by atoms with Gasteiger partial charge in [0.05, 0.1) is 12.2 Å². The lowest BCUT2D eigenvalue weighted by Crippen LogP contribution is -2.60. The Morgan fingerprint density at radius 3 is 2.57 bits per heavy atom. The van der Waals surface area contributed by atoms with Crippen molar-refractivity contribution in [2.75, 3.05) is 31.1 Å². The van der Waals surface area contributed by atoms with E-state index in [1.807, 2.05) is 6.92 Å². The van der Waals surface area contributed by atoms with Gasteiger partial charge in [0.15, 0.2) is 0 Å². The number of anilines is 1. The molecular formula is C18H28N2O3. The second kappa shape index (κ2) is 6.77. The fraction of sp³-hybridized carbons (Fsp3) is 0.667. The molecule has 1 aromatic carbocycles. The molecule has 0 saturated carbocycles. The van der Waals surface area contributed by atoms with E-state index in [4.69, 9.17) is 0 Å². The Balaban J connectivity index is 1.61. The highest BCUT2D eigenvalue weighted by molar-refractivity contribution is 5.53. The van der Waals surface area contributed by atoms with Gasteiger partial charge in [-0.05, 0) is 37.8 Å². The van der Waals surface area contributed by atoms with Crippen molar-refractivity contribution in [2.45, 2.75) is 44.6 Å². The van der Waals surface area contributed by atoms with Gasteiger partial charge < -0.3 is 20.2 Å². The molecule has 1 aromatic rings. The number of piperidine rings is 1. The highest BCUT2D eigenvalue weighted by Gasteiger charge is 2.40. The van der Waals surface area contributed by atoms with Crippen molar-refractivity contribution in [1.29, 1.82) is 0 Å². The number of aliphatic hydroxyl groups is 3. The van der Waals surface area contributed by atoms with Crippen molar-refractivity contribution >= 4 is 5.69 Å². The minimum absolute atomic E-state index is 0.124. The summed E-state index contributed by atoms with van der Waals surface area (Å²) in [6, 6.07) is 8.34. The predicted molar refractivity (Wildman–Crippen MR) is 90.6 cm³/mol. The lowest BCUT2D eigenvalue weighted by atomic mass is 9.93. The highest BCUT2D eigenvalue weighted by Crippen LogP contribution is 2.28. The van der Waals surface area contributed by atoms with Gasteiger partial charge in [-0.1, -0.05) is 18.2 Å². The number of hydrogen-bond donors (Lipinski definition) is 3. The second-order valence-electron chi connectivity index (χ2n) is 7.13. The largest absolute Gasteiger partial charge is 0.389 e. The molecule has 3 rings (SSSR count). The fourth-order valence-electron chi connectivity index (χ4n) is 3.93. The molecule has 0 aromatic heterocycles. The Hall–Kier alpha value is -1.14. The summed E-state index contributed by atoms with van der Waals surface area (Å²) in [5.74, 6) is 0.520. The van der Waals surface area contributed by atoms with Crippen molar-refractivity contribution in [3.63, 3.8) is 0 Å². The Bertz CT molecular complexity index is 539. The average Bonchev–Trinajstić information content (AvgIpc) is 2.99. The maximum absolute atomic E-state index is 10.1. The smallest absolute Gasteiger partial charge is 0.108 e. The number of β-amino-alcohol motifs (C(OH)–C–C–N with tert-alkyl or cyclic N) is 1. The van der Waals surface area contributed by atoms with Gasteiger partial charge in [-0.2, -0.15) is 0 Å². The molecule has 0 amide bonds. The Morgan fingerprint density at radius 2 is 1.83 bits per heavy atom. The third-order valence-corrected chi connectivity index (χ3v) is 5.47. The monoisotopic (exact) mass is 320 g/mol. The fourth-order valence-corrected chi connectivity index (χ4v) is 3.93. The van der Waals surface area contributed by atoms with Crippen LogP contribution in [0.25, 0.3) is 0 Å². The first-order chi connectivity index (χ1) is 11.0. The standard InChI is InChI=1S/C18H28N2O3/c1-12-5-3-4-6-15(12)19-8-7-14(9-19)10-20-11-16(21)18(23)17(22)13(20)2/h3-6,13-14,16-18,21-23H,7-11H2,1-2H3/t13-,14?,16+,17-,18-/m1/s1. The minimum atomic E-state index is -1.03. The SMILES string of the molecule is Cc1ccccc1N1CCC(CN2C[C@H](O)[C@@H](O)[C@H](O)[C@H]2C)C1. The van der Waals surface area contributed by atoms with Crippen LogP contribution < -0.4 is 4.90 Å². The number of aliphatic hydroxyl groups excluding tert-OH is 3. The Labute approximate surface area is 138 Å². The van der Waals surface area contributed by atoms with E-state index in [0.29, 0.717) is 12.5 Å². The van der Waals surface area contributed by atoms with Crippen molar-refractivity contribution < 1.29 is 15.3 Å². The molecule has 0 bridgehead atoms. The first kappa shape index (κ1) is 16.7. The van der Waals surface area contributed by atoms with Crippen molar-refractivity contribution in [3.05, 3.63) is 29.8 Å². The number of rotatable bonds is 3. The highest BCUT2D eigenvalue weighted by atomic mass is 16.4. The van der Waals surface area contributed by atoms with Crippen molar-refractivity contribution in [3.8, 4) is 0 Å². The molecule has 2 aliphatic heterocycles. The summed E-state index contributed by atoms with van der Waals surface area (Å²) in [5.41, 5.74) is 2.60. The van der Waals surface area contributed by atoms with Gasteiger partial charge in [0.1, 0.15) is 6.10 Å². The molecule has 128 valence electrons. The first-order valence-corrected chi connectivity index (χ1v) is 8.56. The van der Waals surface area contributed by atoms with E-state index < -0.39 is 18.3 Å². The van der Waals surface area contributed by atoms with E-state index >= 15 is 0 Å². The van der Waals surface area contributed by atoms with Gasteiger partial charge in [-0.3, -0.25) is 4.90 Å². The quantitative estimate of drug-likeness (QED) is 0.761. The van der Waals surface area contributed by atoms with Crippen LogP contribution in [0.4, 0.5) is 5.69 Å². The molecule has 23 heavy (non-hydrogen) atoms. The molecule has 5 nitrogen and oxygen atoms in total. The van der Waals surface area contributed by atoms with E-state index in [1.165, 1.54) is 11.3 Å². The van der Waals surface area contributed by atoms with Gasteiger partial charge in [-0.15, -0.1) is 0 Å². The van der Waals surface area contributed by atoms with Crippen molar-refractivity contribution in [1.82, 2.24) is 4.90 Å². The molecule has 2 saturated heterocycles. The third-order valence-electron chi connectivity index (χ3n) is 5.47. The number of aryl methyl sites for hydroxylation is 1. The minimum Gasteiger partial charge on any atom is -0.389 e. The van der Waals surface area contributed by atoms with E-state index in [9.17, 15) is 15.3 Å². The molecule has 0 aliphatic carbocycles. The van der Waals surface area contributed by atoms with Gasteiger partial charge >= 0.3 is 0 Å². The van der Waals surface area contributed by atoms with Crippen LogP contribution in [0, 0.1) is 12.8 Å². The zero-order valence-corrected chi connectivity index (χ0v) is 14.0. The Kier molecular flexibility index (Phi) is 4.92. The topological polar surface area (TPSA) is 67.2 Å². The predicted octanol–water partition coefficient (Wildman–Crippen LogP) is 0.608. The summed E-state index contributed by atoms with van der Waals surface area (Å²) in [7, 11) is 0. The van der Waals surface area contributed by atoms with E-state index in [0.717, 1.165) is 26.1 Å². The zero-order chi connectivity index (χ0) is 16.6. The van der Waals surface area contributed by atoms with Gasteiger partial charge in [-0.25, -0.2) is 0 Å². The van der Waals surface area contributed by atoms with E-state index in [2.05, 4.69) is 41.0 Å². The van der Waals surface area contributed by atoms with Crippen molar-refractivity contribution in [2.24, 2.45) is 5.92 Å². The lowest BCUT2D eigenvalue weighted by Gasteiger charge is -2.43. The molecule has 5 heteroatoms. The van der Waals surface area contributed by atoms with Crippen LogP contribution in [-0.4, -0.2) is 70.8 Å². The molecule has 2 aliphatic rings. The van der Waals surface area contributed by atoms with Crippen LogP contribution in [0.3, 0.4) is 0 Å². The number of hydrogen-bond acceptors (Lipinski definition) is 5. The number of nitrogens with zero attached hydrogens (tertiary/aromatic N) is 2. The number of likely N-dealkylation sites (tertiary alicyclic amines) is 1. The maximum atomic E-state index is 10.1. The number of benzene rings is 1. The summed E-state index contributed by atoms with van der Waals surface area (Å²) in [6.45, 7) is 7.40. The van der Waals surface area contributed by atoms with Crippen LogP contribution in [0.5, 0.6) is 0 Å². The first-order valence-electron chi connectivity index (χ1n) is 8.56. The normalized spacial score (nSPS) is 35.7. The molecule has 2 heterocycles. The van der Waals surface area contributed by atoms with Crippen LogP contribution in [0.1, 0.15) is 18.9 Å². The third kappa shape index (κ3) is 3.38. The summed E-state index contributed by atoms with van der Waals surface area (Å²) in [5, 5.41) is 29.8. The summed E-state index contributed by atoms with van der Waals surface area (Å²) >= 11 is 0. The van der Waals surface area contributed by atoms with Crippen LogP contribution >= 0.6 is 0 Å². The number of para-hydroxylation sites is 1. The van der Waals surface area contributed by atoms with Gasteiger partial charge in [0.2, 0.25) is 0 Å². The van der Waals surface area contributed by atoms with E-state index in [-0.39, 0.29) is 6.04 Å². The van der Waals surface area contributed by atoms with Crippen LogP contribution in [0.15, 0.2) is 24.3 Å². The Morgan fingerprint density at radius 1 is 1.09 bits per heavy atom. The molecule has 0 spiro atoms. The molecule has 5 atom stereocenters. The average molecular weight is 320 g/mol.